The quantitative estimate of drug-likeness (QED) is 0.376. The second kappa shape index (κ2) is 8.39. The van der Waals surface area contributed by atoms with Gasteiger partial charge >= 0.3 is 0 Å². The second-order valence-corrected chi connectivity index (χ2v) is 9.43. The summed E-state index contributed by atoms with van der Waals surface area (Å²) in [6, 6.07) is 10.5. The van der Waals surface area contributed by atoms with E-state index in [-0.39, 0.29) is 0 Å². The number of aromatic nitrogens is 8. The van der Waals surface area contributed by atoms with E-state index in [9.17, 15) is 0 Å². The monoisotopic (exact) mass is 475 g/mol. The minimum atomic E-state index is 0.639. The average molecular weight is 476 g/mol. The van der Waals surface area contributed by atoms with E-state index in [0.29, 0.717) is 11.5 Å². The van der Waals surface area contributed by atoms with Crippen LogP contribution >= 0.6 is 0 Å². The number of aromatic amines is 2. The van der Waals surface area contributed by atoms with E-state index in [1.54, 1.807) is 12.5 Å². The van der Waals surface area contributed by atoms with Crippen LogP contribution in [0.5, 0.6) is 0 Å². The predicted molar refractivity (Wildman–Crippen MR) is 139 cm³/mol. The third-order valence-corrected chi connectivity index (χ3v) is 6.88. The number of nitrogens with zero attached hydrogens (tertiary/aromatic N) is 7. The molecule has 1 fully saturated rings. The number of hydrogen-bond donors (Lipinski definition) is 2. The summed E-state index contributed by atoms with van der Waals surface area (Å²) in [6.45, 7) is 5.26. The molecule has 0 unspecified atom stereocenters. The molecule has 5 aromatic heterocycles. The summed E-state index contributed by atoms with van der Waals surface area (Å²) in [5.41, 5.74) is 8.54. The maximum atomic E-state index is 4.77. The lowest BCUT2D eigenvalue weighted by atomic mass is 10.0. The van der Waals surface area contributed by atoms with Gasteiger partial charge in [-0.25, -0.2) is 15.0 Å². The Labute approximate surface area is 207 Å². The predicted octanol–water partition coefficient (Wildman–Crippen LogP) is 4.65. The molecule has 1 saturated heterocycles. The zero-order chi connectivity index (χ0) is 24.1. The fourth-order valence-corrected chi connectivity index (χ4v) is 5.08. The molecule has 6 aromatic rings. The number of nitrogens with one attached hydrogen (secondary N) is 2. The third kappa shape index (κ3) is 3.64. The summed E-state index contributed by atoms with van der Waals surface area (Å²) < 4.78 is 1.98. The van der Waals surface area contributed by atoms with Gasteiger partial charge in [0, 0.05) is 42.3 Å². The van der Waals surface area contributed by atoms with Crippen LogP contribution in [0.1, 0.15) is 24.1 Å². The van der Waals surface area contributed by atoms with Crippen molar-refractivity contribution >= 4 is 22.1 Å². The van der Waals surface area contributed by atoms with Gasteiger partial charge in [-0.3, -0.25) is 15.0 Å². The standard InChI is InChI=1S/C27H25N9/c1-17-14-36(16-30-17)23-6-7-29-26-25(23)31-27(32-26)24-21-11-19(4-5-22(21)33-34-24)20-10-18(12-28-13-20)15-35-8-2-3-9-35/h4-7,10-14,16H,2-3,8-9,15H2,1H3,(H,33,34)(H,29,31,32). The first-order valence-corrected chi connectivity index (χ1v) is 12.2. The van der Waals surface area contributed by atoms with Gasteiger partial charge in [-0.2, -0.15) is 5.10 Å². The molecule has 2 N–H and O–H groups in total. The largest absolute Gasteiger partial charge is 0.333 e. The van der Waals surface area contributed by atoms with E-state index in [1.165, 1.54) is 31.5 Å². The van der Waals surface area contributed by atoms with E-state index >= 15 is 0 Å². The molecule has 6 heterocycles. The molecule has 0 saturated carbocycles. The second-order valence-electron chi connectivity index (χ2n) is 9.43. The van der Waals surface area contributed by atoms with Crippen molar-refractivity contribution in [2.24, 2.45) is 0 Å². The van der Waals surface area contributed by atoms with Crippen molar-refractivity contribution in [3.8, 4) is 28.3 Å². The molecule has 0 spiro atoms. The van der Waals surface area contributed by atoms with Crippen molar-refractivity contribution in [2.75, 3.05) is 13.1 Å². The summed E-state index contributed by atoms with van der Waals surface area (Å²) in [5.74, 6) is 0.672. The van der Waals surface area contributed by atoms with Crippen LogP contribution in [0.15, 0.2) is 61.4 Å². The Morgan fingerprint density at radius 1 is 1.00 bits per heavy atom. The Hall–Kier alpha value is -4.37. The molecule has 9 nitrogen and oxygen atoms in total. The maximum absolute atomic E-state index is 4.77. The lowest BCUT2D eigenvalue weighted by Crippen LogP contribution is -2.18. The van der Waals surface area contributed by atoms with E-state index < -0.39 is 0 Å². The first kappa shape index (κ1) is 21.0. The van der Waals surface area contributed by atoms with Crippen LogP contribution in [0.4, 0.5) is 0 Å². The first-order chi connectivity index (χ1) is 17.7. The number of rotatable bonds is 5. The normalized spacial score (nSPS) is 14.4. The number of aryl methyl sites for hydroxylation is 1. The molecule has 0 amide bonds. The molecular weight excluding hydrogens is 450 g/mol. The molecular formula is C27H25N9. The minimum absolute atomic E-state index is 0.639. The molecule has 0 bridgehead atoms. The van der Waals surface area contributed by atoms with Crippen molar-refractivity contribution in [3.05, 3.63) is 72.7 Å². The molecule has 0 radical (unpaired) electrons. The van der Waals surface area contributed by atoms with Gasteiger partial charge in [-0.1, -0.05) is 6.07 Å². The van der Waals surface area contributed by atoms with Gasteiger partial charge in [0.15, 0.2) is 11.5 Å². The summed E-state index contributed by atoms with van der Waals surface area (Å²) in [6.07, 6.45) is 12.0. The number of fused-ring (bicyclic) bond motifs is 2. The Bertz CT molecular complexity index is 1700. The molecule has 0 atom stereocenters. The minimum Gasteiger partial charge on any atom is -0.333 e. The van der Waals surface area contributed by atoms with E-state index in [0.717, 1.165) is 51.2 Å². The van der Waals surface area contributed by atoms with E-state index in [1.807, 2.05) is 36.1 Å². The Morgan fingerprint density at radius 2 is 1.92 bits per heavy atom. The number of H-pyrrole nitrogens is 2. The summed E-state index contributed by atoms with van der Waals surface area (Å²) in [5, 5.41) is 8.75. The van der Waals surface area contributed by atoms with Crippen LogP contribution in [0, 0.1) is 6.92 Å². The molecule has 7 rings (SSSR count). The Balaban J connectivity index is 1.28. The van der Waals surface area contributed by atoms with Crippen LogP contribution < -0.4 is 0 Å². The van der Waals surface area contributed by atoms with Crippen LogP contribution in [0.3, 0.4) is 0 Å². The smallest absolute Gasteiger partial charge is 0.180 e. The van der Waals surface area contributed by atoms with E-state index in [4.69, 9.17) is 4.98 Å². The van der Waals surface area contributed by atoms with Gasteiger partial charge in [0.25, 0.3) is 0 Å². The molecule has 36 heavy (non-hydrogen) atoms. The molecule has 1 aromatic carbocycles. The topological polar surface area (TPSA) is 104 Å². The highest BCUT2D eigenvalue weighted by atomic mass is 15.2. The third-order valence-electron chi connectivity index (χ3n) is 6.88. The molecule has 9 heteroatoms. The Kier molecular flexibility index (Phi) is 4.88. The van der Waals surface area contributed by atoms with Crippen molar-refractivity contribution < 1.29 is 0 Å². The number of likely N-dealkylation sites (tertiary alicyclic amines) is 1. The first-order valence-electron chi connectivity index (χ1n) is 12.2. The van der Waals surface area contributed by atoms with Gasteiger partial charge in [0.05, 0.1) is 23.2 Å². The maximum Gasteiger partial charge on any atom is 0.180 e. The van der Waals surface area contributed by atoms with Gasteiger partial charge < -0.3 is 9.55 Å². The molecule has 1 aliphatic rings. The zero-order valence-electron chi connectivity index (χ0n) is 19.9. The fourth-order valence-electron chi connectivity index (χ4n) is 5.08. The Morgan fingerprint density at radius 3 is 2.78 bits per heavy atom. The lowest BCUT2D eigenvalue weighted by molar-refractivity contribution is 0.331. The van der Waals surface area contributed by atoms with Crippen molar-refractivity contribution in [1.29, 1.82) is 0 Å². The van der Waals surface area contributed by atoms with Crippen LogP contribution in [-0.4, -0.2) is 57.7 Å². The summed E-state index contributed by atoms with van der Waals surface area (Å²) in [4.78, 5) is 24.1. The van der Waals surface area contributed by atoms with Gasteiger partial charge in [0.2, 0.25) is 0 Å². The van der Waals surface area contributed by atoms with Crippen molar-refractivity contribution in [2.45, 2.75) is 26.3 Å². The van der Waals surface area contributed by atoms with Crippen molar-refractivity contribution in [1.82, 2.24) is 44.6 Å². The highest BCUT2D eigenvalue weighted by Gasteiger charge is 2.17. The highest BCUT2D eigenvalue weighted by molar-refractivity contribution is 5.96. The lowest BCUT2D eigenvalue weighted by Gasteiger charge is -2.14. The van der Waals surface area contributed by atoms with Gasteiger partial charge in [-0.15, -0.1) is 0 Å². The average Bonchev–Trinajstić information content (AvgIpc) is 3.70. The molecule has 1 aliphatic heterocycles. The zero-order valence-corrected chi connectivity index (χ0v) is 19.9. The number of benzene rings is 1. The van der Waals surface area contributed by atoms with E-state index in [2.05, 4.69) is 59.3 Å². The highest BCUT2D eigenvalue weighted by Crippen LogP contribution is 2.31. The van der Waals surface area contributed by atoms with Gasteiger partial charge in [0.1, 0.15) is 11.2 Å². The number of imidazole rings is 2. The van der Waals surface area contributed by atoms with Crippen LogP contribution in [0.25, 0.3) is 50.4 Å². The molecule has 0 aliphatic carbocycles. The number of hydrogen-bond acceptors (Lipinski definition) is 6. The van der Waals surface area contributed by atoms with Crippen LogP contribution in [-0.2, 0) is 6.54 Å². The van der Waals surface area contributed by atoms with Crippen LogP contribution in [0.2, 0.25) is 0 Å². The molecule has 178 valence electrons. The fraction of sp³-hybridized carbons (Fsp3) is 0.222. The number of pyridine rings is 2. The summed E-state index contributed by atoms with van der Waals surface area (Å²) >= 11 is 0. The SMILES string of the molecule is Cc1cn(-c2ccnc3nc(-c4n[nH]c5ccc(-c6cncc(CN7CCCC7)c6)cc45)[nH]c23)cn1. The summed E-state index contributed by atoms with van der Waals surface area (Å²) in [7, 11) is 0. The van der Waals surface area contributed by atoms with Gasteiger partial charge in [-0.05, 0) is 68.2 Å². The van der Waals surface area contributed by atoms with Crippen molar-refractivity contribution in [3.63, 3.8) is 0 Å².